The fraction of sp³-hybridized carbons (Fsp3) is 0.308. The summed E-state index contributed by atoms with van der Waals surface area (Å²) in [7, 11) is 0. The van der Waals surface area contributed by atoms with Crippen LogP contribution < -0.4 is 5.32 Å². The molecule has 2 nitrogen and oxygen atoms in total. The second-order valence-corrected chi connectivity index (χ2v) is 4.71. The lowest BCUT2D eigenvalue weighted by molar-refractivity contribution is 0.567. The molecule has 1 unspecified atom stereocenters. The monoisotopic (exact) mass is 232 g/mol. The van der Waals surface area contributed by atoms with Gasteiger partial charge in [-0.15, -0.1) is 0 Å². The van der Waals surface area contributed by atoms with E-state index in [-0.39, 0.29) is 0 Å². The van der Waals surface area contributed by atoms with Crippen molar-refractivity contribution >= 4 is 11.3 Å². The van der Waals surface area contributed by atoms with Crippen molar-refractivity contribution in [1.29, 1.82) is 0 Å². The van der Waals surface area contributed by atoms with Gasteiger partial charge >= 0.3 is 0 Å². The molecule has 0 bridgehead atoms. The first-order chi connectivity index (χ1) is 7.77. The van der Waals surface area contributed by atoms with Crippen LogP contribution in [0.15, 0.2) is 35.2 Å². The summed E-state index contributed by atoms with van der Waals surface area (Å²) in [6.45, 7) is 5.10. The molecule has 0 aliphatic rings. The Labute approximate surface area is 100 Å². The van der Waals surface area contributed by atoms with Gasteiger partial charge in [-0.2, -0.15) is 11.3 Å². The lowest BCUT2D eigenvalue weighted by atomic mass is 10.1. The van der Waals surface area contributed by atoms with Gasteiger partial charge in [0.05, 0.1) is 5.69 Å². The Morgan fingerprint density at radius 3 is 3.00 bits per heavy atom. The molecule has 0 aliphatic carbocycles. The third kappa shape index (κ3) is 2.68. The zero-order chi connectivity index (χ0) is 11.4. The maximum atomic E-state index is 4.37. The summed E-state index contributed by atoms with van der Waals surface area (Å²) in [6, 6.07) is 6.61. The van der Waals surface area contributed by atoms with Gasteiger partial charge in [-0.1, -0.05) is 6.07 Å². The summed E-state index contributed by atoms with van der Waals surface area (Å²) in [5.74, 6) is 0. The van der Waals surface area contributed by atoms with Crippen molar-refractivity contribution in [3.05, 3.63) is 52.0 Å². The van der Waals surface area contributed by atoms with Gasteiger partial charge in [-0.05, 0) is 47.9 Å². The van der Waals surface area contributed by atoms with Gasteiger partial charge in [0.1, 0.15) is 0 Å². The summed E-state index contributed by atoms with van der Waals surface area (Å²) < 4.78 is 0. The Bertz CT molecular complexity index is 437. The molecule has 1 N–H and O–H groups in total. The van der Waals surface area contributed by atoms with Crippen molar-refractivity contribution < 1.29 is 0 Å². The maximum absolute atomic E-state index is 4.37. The zero-order valence-corrected chi connectivity index (χ0v) is 10.4. The van der Waals surface area contributed by atoms with E-state index in [9.17, 15) is 0 Å². The van der Waals surface area contributed by atoms with Crippen molar-refractivity contribution in [2.45, 2.75) is 26.4 Å². The molecule has 0 saturated carbocycles. The first kappa shape index (κ1) is 11.3. The highest BCUT2D eigenvalue weighted by molar-refractivity contribution is 7.07. The van der Waals surface area contributed by atoms with Gasteiger partial charge in [0, 0.05) is 18.8 Å². The van der Waals surface area contributed by atoms with E-state index in [1.165, 1.54) is 11.1 Å². The molecule has 0 fully saturated rings. The lowest BCUT2D eigenvalue weighted by Crippen LogP contribution is -2.18. The molecule has 2 aromatic heterocycles. The van der Waals surface area contributed by atoms with Gasteiger partial charge in [0.15, 0.2) is 0 Å². The van der Waals surface area contributed by atoms with Crippen molar-refractivity contribution in [3.8, 4) is 0 Å². The van der Waals surface area contributed by atoms with Crippen molar-refractivity contribution in [1.82, 2.24) is 10.3 Å². The van der Waals surface area contributed by atoms with Gasteiger partial charge in [0.2, 0.25) is 0 Å². The van der Waals surface area contributed by atoms with E-state index in [4.69, 9.17) is 0 Å². The number of pyridine rings is 1. The molecule has 3 heteroatoms. The van der Waals surface area contributed by atoms with E-state index in [0.29, 0.717) is 6.04 Å². The minimum atomic E-state index is 0.382. The molecular formula is C13H16N2S. The van der Waals surface area contributed by atoms with Crippen LogP contribution in [-0.4, -0.2) is 4.98 Å². The Hall–Kier alpha value is -1.19. The quantitative estimate of drug-likeness (QED) is 0.875. The number of rotatable bonds is 4. The van der Waals surface area contributed by atoms with E-state index < -0.39 is 0 Å². The Kier molecular flexibility index (Phi) is 3.70. The number of hydrogen-bond acceptors (Lipinski definition) is 3. The summed E-state index contributed by atoms with van der Waals surface area (Å²) >= 11 is 1.74. The van der Waals surface area contributed by atoms with Gasteiger partial charge in [-0.3, -0.25) is 4.98 Å². The van der Waals surface area contributed by atoms with Crippen LogP contribution in [0.2, 0.25) is 0 Å². The summed E-state index contributed by atoms with van der Waals surface area (Å²) in [6.07, 6.45) is 1.85. The topological polar surface area (TPSA) is 24.9 Å². The molecule has 0 aromatic carbocycles. The smallest absolute Gasteiger partial charge is 0.0570 e. The van der Waals surface area contributed by atoms with Crippen molar-refractivity contribution in [3.63, 3.8) is 0 Å². The minimum Gasteiger partial charge on any atom is -0.305 e. The highest BCUT2D eigenvalue weighted by Crippen LogP contribution is 2.16. The lowest BCUT2D eigenvalue weighted by Gasteiger charge is -2.12. The predicted molar refractivity (Wildman–Crippen MR) is 68.5 cm³/mol. The Balaban J connectivity index is 1.95. The second kappa shape index (κ2) is 5.23. The Morgan fingerprint density at radius 1 is 1.44 bits per heavy atom. The number of aryl methyl sites for hydroxylation is 1. The molecule has 0 amide bonds. The zero-order valence-electron chi connectivity index (χ0n) is 9.60. The van der Waals surface area contributed by atoms with Crippen LogP contribution in [0, 0.1) is 6.92 Å². The maximum Gasteiger partial charge on any atom is 0.0570 e. The first-order valence-electron chi connectivity index (χ1n) is 5.43. The van der Waals surface area contributed by atoms with Crippen LogP contribution in [0.5, 0.6) is 0 Å². The number of aromatic nitrogens is 1. The third-order valence-electron chi connectivity index (χ3n) is 2.74. The fourth-order valence-electron chi connectivity index (χ4n) is 1.59. The van der Waals surface area contributed by atoms with Crippen LogP contribution in [0.1, 0.15) is 29.8 Å². The first-order valence-corrected chi connectivity index (χ1v) is 6.37. The number of thiophene rings is 1. The molecule has 84 valence electrons. The normalized spacial score (nSPS) is 12.6. The standard InChI is InChI=1S/C13H16N2S/c1-10-4-3-6-14-13(10)8-15-11(2)12-5-7-16-9-12/h3-7,9,11,15H,8H2,1-2H3. The second-order valence-electron chi connectivity index (χ2n) is 3.93. The van der Waals surface area contributed by atoms with E-state index >= 15 is 0 Å². The molecule has 2 heterocycles. The molecule has 0 spiro atoms. The summed E-state index contributed by atoms with van der Waals surface area (Å²) in [5, 5.41) is 7.78. The number of nitrogens with zero attached hydrogens (tertiary/aromatic N) is 1. The average molecular weight is 232 g/mol. The van der Waals surface area contributed by atoms with Crippen molar-refractivity contribution in [2.75, 3.05) is 0 Å². The summed E-state index contributed by atoms with van der Waals surface area (Å²) in [4.78, 5) is 4.37. The molecule has 16 heavy (non-hydrogen) atoms. The number of nitrogens with one attached hydrogen (secondary N) is 1. The highest BCUT2D eigenvalue weighted by Gasteiger charge is 2.06. The number of hydrogen-bond donors (Lipinski definition) is 1. The highest BCUT2D eigenvalue weighted by atomic mass is 32.1. The van der Waals surface area contributed by atoms with Crippen LogP contribution >= 0.6 is 11.3 Å². The molecule has 2 aromatic rings. The van der Waals surface area contributed by atoms with E-state index in [2.05, 4.69) is 47.0 Å². The fourth-order valence-corrected chi connectivity index (χ4v) is 2.35. The van der Waals surface area contributed by atoms with Crippen molar-refractivity contribution in [2.24, 2.45) is 0 Å². The van der Waals surface area contributed by atoms with Crippen LogP contribution in [0.25, 0.3) is 0 Å². The van der Waals surface area contributed by atoms with Crippen LogP contribution in [-0.2, 0) is 6.54 Å². The van der Waals surface area contributed by atoms with E-state index in [0.717, 1.165) is 12.2 Å². The van der Waals surface area contributed by atoms with E-state index in [1.807, 2.05) is 12.3 Å². The van der Waals surface area contributed by atoms with E-state index in [1.54, 1.807) is 11.3 Å². The molecule has 0 radical (unpaired) electrons. The van der Waals surface area contributed by atoms with Crippen LogP contribution in [0.3, 0.4) is 0 Å². The van der Waals surface area contributed by atoms with Gasteiger partial charge in [-0.25, -0.2) is 0 Å². The average Bonchev–Trinajstić information content (AvgIpc) is 2.81. The molecule has 0 saturated heterocycles. The third-order valence-corrected chi connectivity index (χ3v) is 3.44. The van der Waals surface area contributed by atoms with Gasteiger partial charge in [0.25, 0.3) is 0 Å². The molecule has 1 atom stereocenters. The summed E-state index contributed by atoms with van der Waals surface area (Å²) in [5.41, 5.74) is 3.72. The predicted octanol–water partition coefficient (Wildman–Crippen LogP) is 3.30. The molecule has 0 aliphatic heterocycles. The van der Waals surface area contributed by atoms with Gasteiger partial charge < -0.3 is 5.32 Å². The minimum absolute atomic E-state index is 0.382. The van der Waals surface area contributed by atoms with Crippen LogP contribution in [0.4, 0.5) is 0 Å². The largest absolute Gasteiger partial charge is 0.305 e. The SMILES string of the molecule is Cc1cccnc1CNC(C)c1ccsc1. The molecular weight excluding hydrogens is 216 g/mol. The Morgan fingerprint density at radius 2 is 2.31 bits per heavy atom. The molecule has 2 rings (SSSR count).